The summed E-state index contributed by atoms with van der Waals surface area (Å²) in [6.45, 7) is 2.37. The van der Waals surface area contributed by atoms with Crippen LogP contribution in [-0.2, 0) is 9.59 Å². The number of anilines is 2. The largest absolute Gasteiger partial charge is 0.370 e. The van der Waals surface area contributed by atoms with Gasteiger partial charge in [-0.1, -0.05) is 11.6 Å². The number of piperidine rings is 1. The van der Waals surface area contributed by atoms with Crippen LogP contribution in [0, 0.1) is 5.92 Å². The summed E-state index contributed by atoms with van der Waals surface area (Å²) in [5.74, 6) is -0.504. The van der Waals surface area contributed by atoms with Crippen molar-refractivity contribution in [2.45, 2.75) is 25.7 Å². The van der Waals surface area contributed by atoms with Gasteiger partial charge in [0.1, 0.15) is 0 Å². The molecule has 0 bridgehead atoms. The molecular formula is C16H18Cl2N2O2. The molecule has 2 aliphatic heterocycles. The maximum Gasteiger partial charge on any atom is 0.227 e. The fourth-order valence-electron chi connectivity index (χ4n) is 3.16. The fraction of sp³-hybridized carbons (Fsp3) is 0.500. The molecule has 1 aromatic carbocycles. The number of carbonyl (C=O) groups excluding carboxylic acids is 2. The van der Waals surface area contributed by atoms with Gasteiger partial charge in [-0.05, 0) is 49.1 Å². The molecule has 4 nitrogen and oxygen atoms in total. The lowest BCUT2D eigenvalue weighted by Crippen LogP contribution is -2.30. The Morgan fingerprint density at radius 2 is 1.91 bits per heavy atom. The van der Waals surface area contributed by atoms with Crippen molar-refractivity contribution in [2.75, 3.05) is 29.4 Å². The second-order valence-electron chi connectivity index (χ2n) is 5.89. The van der Waals surface area contributed by atoms with E-state index in [-0.39, 0.29) is 12.3 Å². The zero-order chi connectivity index (χ0) is 15.7. The normalized spacial score (nSPS) is 22.3. The highest BCUT2D eigenvalue weighted by molar-refractivity contribution is 6.64. The van der Waals surface area contributed by atoms with Gasteiger partial charge in [-0.25, -0.2) is 0 Å². The quantitative estimate of drug-likeness (QED) is 0.791. The van der Waals surface area contributed by atoms with Gasteiger partial charge in [0, 0.05) is 31.7 Å². The number of benzene rings is 1. The number of amides is 1. The fourth-order valence-corrected chi connectivity index (χ4v) is 3.60. The third-order valence-electron chi connectivity index (χ3n) is 4.39. The van der Waals surface area contributed by atoms with E-state index in [9.17, 15) is 9.59 Å². The van der Waals surface area contributed by atoms with Crippen LogP contribution in [0.5, 0.6) is 0 Å². The highest BCUT2D eigenvalue weighted by Crippen LogP contribution is 2.34. The molecule has 0 N–H and O–H groups in total. The number of carbonyl (C=O) groups is 2. The third-order valence-corrected chi connectivity index (χ3v) is 5.00. The van der Waals surface area contributed by atoms with Crippen LogP contribution in [0.1, 0.15) is 25.7 Å². The molecule has 0 radical (unpaired) electrons. The minimum absolute atomic E-state index is 0.0826. The predicted octanol–water partition coefficient (Wildman–Crippen LogP) is 3.45. The van der Waals surface area contributed by atoms with Crippen LogP contribution < -0.4 is 9.80 Å². The average Bonchev–Trinajstić information content (AvgIpc) is 2.90. The first-order valence-electron chi connectivity index (χ1n) is 7.60. The summed E-state index contributed by atoms with van der Waals surface area (Å²) in [6, 6.07) is 5.67. The van der Waals surface area contributed by atoms with Crippen molar-refractivity contribution in [3.05, 3.63) is 23.2 Å². The van der Waals surface area contributed by atoms with E-state index >= 15 is 0 Å². The maximum atomic E-state index is 12.0. The Balaban J connectivity index is 1.80. The van der Waals surface area contributed by atoms with Gasteiger partial charge < -0.3 is 9.80 Å². The summed E-state index contributed by atoms with van der Waals surface area (Å²) in [5.41, 5.74) is 1.75. The lowest BCUT2D eigenvalue weighted by atomic mass is 10.1. The zero-order valence-electron chi connectivity index (χ0n) is 12.2. The van der Waals surface area contributed by atoms with Crippen LogP contribution in [0.15, 0.2) is 18.2 Å². The second-order valence-corrected chi connectivity index (χ2v) is 6.67. The lowest BCUT2D eigenvalue weighted by molar-refractivity contribution is -0.120. The minimum atomic E-state index is -0.452. The maximum absolute atomic E-state index is 12.0. The molecule has 2 aliphatic rings. The zero-order valence-corrected chi connectivity index (χ0v) is 13.7. The van der Waals surface area contributed by atoms with E-state index in [0.29, 0.717) is 11.6 Å². The van der Waals surface area contributed by atoms with Crippen LogP contribution in [0.3, 0.4) is 0 Å². The second kappa shape index (κ2) is 6.47. The predicted molar refractivity (Wildman–Crippen MR) is 88.8 cm³/mol. The molecule has 0 saturated carbocycles. The van der Waals surface area contributed by atoms with Crippen molar-refractivity contribution in [3.63, 3.8) is 0 Å². The Labute approximate surface area is 140 Å². The van der Waals surface area contributed by atoms with Crippen molar-refractivity contribution in [1.82, 2.24) is 0 Å². The first-order valence-corrected chi connectivity index (χ1v) is 8.36. The van der Waals surface area contributed by atoms with Gasteiger partial charge in [0.05, 0.1) is 16.6 Å². The van der Waals surface area contributed by atoms with Gasteiger partial charge in [-0.2, -0.15) is 0 Å². The number of halogens is 2. The molecule has 118 valence electrons. The highest BCUT2D eigenvalue weighted by atomic mass is 35.5. The van der Waals surface area contributed by atoms with E-state index in [2.05, 4.69) is 4.90 Å². The van der Waals surface area contributed by atoms with Gasteiger partial charge in [0.2, 0.25) is 11.1 Å². The summed E-state index contributed by atoms with van der Waals surface area (Å²) < 4.78 is 0. The number of rotatable bonds is 3. The van der Waals surface area contributed by atoms with Gasteiger partial charge in [-0.3, -0.25) is 9.59 Å². The molecule has 1 amide bonds. The van der Waals surface area contributed by atoms with Crippen molar-refractivity contribution < 1.29 is 9.59 Å². The van der Waals surface area contributed by atoms with Gasteiger partial charge in [0.15, 0.2) is 0 Å². The highest BCUT2D eigenvalue weighted by Gasteiger charge is 2.34. The van der Waals surface area contributed by atoms with Crippen molar-refractivity contribution >= 4 is 45.7 Å². The molecule has 0 aromatic heterocycles. The summed E-state index contributed by atoms with van der Waals surface area (Å²) in [4.78, 5) is 27.2. The van der Waals surface area contributed by atoms with E-state index in [4.69, 9.17) is 23.2 Å². The van der Waals surface area contributed by atoms with Crippen LogP contribution in [-0.4, -0.2) is 30.8 Å². The molecule has 2 heterocycles. The molecule has 0 spiro atoms. The Kier molecular flexibility index (Phi) is 4.59. The van der Waals surface area contributed by atoms with Crippen LogP contribution in [0.4, 0.5) is 11.4 Å². The SMILES string of the molecule is O=C(Cl)[C@H]1CC(=O)N(c2ccc(N3CCCCC3)c(Cl)c2)C1. The molecule has 6 heteroatoms. The molecule has 1 aromatic rings. The first-order chi connectivity index (χ1) is 10.6. The number of hydrogen-bond acceptors (Lipinski definition) is 3. The molecule has 2 fully saturated rings. The van der Waals surface area contributed by atoms with E-state index in [1.165, 1.54) is 19.3 Å². The molecule has 1 atom stereocenters. The van der Waals surface area contributed by atoms with E-state index in [1.807, 2.05) is 18.2 Å². The van der Waals surface area contributed by atoms with Crippen LogP contribution >= 0.6 is 23.2 Å². The van der Waals surface area contributed by atoms with Gasteiger partial charge >= 0.3 is 0 Å². The molecule has 2 saturated heterocycles. The standard InChI is InChI=1S/C16H18Cl2N2O2/c17-13-9-12(20-10-11(16(18)22)8-15(20)21)4-5-14(13)19-6-2-1-3-7-19/h4-5,9,11H,1-3,6-8,10H2/t11-/m0/s1. The van der Waals surface area contributed by atoms with Crippen LogP contribution in [0.25, 0.3) is 0 Å². The van der Waals surface area contributed by atoms with E-state index in [1.54, 1.807) is 4.90 Å². The monoisotopic (exact) mass is 340 g/mol. The van der Waals surface area contributed by atoms with E-state index in [0.717, 1.165) is 24.5 Å². The van der Waals surface area contributed by atoms with Gasteiger partial charge in [0.25, 0.3) is 0 Å². The Morgan fingerprint density at radius 3 is 2.50 bits per heavy atom. The topological polar surface area (TPSA) is 40.6 Å². The molecule has 0 aliphatic carbocycles. The summed E-state index contributed by atoms with van der Waals surface area (Å²) >= 11 is 11.9. The molecule has 0 unspecified atom stereocenters. The van der Waals surface area contributed by atoms with Crippen LogP contribution in [0.2, 0.25) is 5.02 Å². The third kappa shape index (κ3) is 3.08. The van der Waals surface area contributed by atoms with E-state index < -0.39 is 11.2 Å². The molecule has 3 rings (SSSR count). The van der Waals surface area contributed by atoms with Crippen molar-refractivity contribution in [1.29, 1.82) is 0 Å². The van der Waals surface area contributed by atoms with Gasteiger partial charge in [-0.15, -0.1) is 0 Å². The minimum Gasteiger partial charge on any atom is -0.370 e. The molecular weight excluding hydrogens is 323 g/mol. The summed E-state index contributed by atoms with van der Waals surface area (Å²) in [6.07, 6.45) is 3.81. The lowest BCUT2D eigenvalue weighted by Gasteiger charge is -2.30. The number of nitrogens with zero attached hydrogens (tertiary/aromatic N) is 2. The smallest absolute Gasteiger partial charge is 0.227 e. The average molecular weight is 341 g/mol. The Bertz CT molecular complexity index is 600. The Morgan fingerprint density at radius 1 is 1.18 bits per heavy atom. The first kappa shape index (κ1) is 15.6. The van der Waals surface area contributed by atoms with Crippen molar-refractivity contribution in [2.24, 2.45) is 5.92 Å². The number of hydrogen-bond donors (Lipinski definition) is 0. The summed E-state index contributed by atoms with van der Waals surface area (Å²) in [5, 5.41) is 0.194. The summed E-state index contributed by atoms with van der Waals surface area (Å²) in [7, 11) is 0. The molecule has 22 heavy (non-hydrogen) atoms. The van der Waals surface area contributed by atoms with Crippen molar-refractivity contribution in [3.8, 4) is 0 Å². The Hall–Kier alpha value is -1.26.